The molecule has 0 saturated carbocycles. The molecule has 5 rings (SSSR count). The van der Waals surface area contributed by atoms with Crippen molar-refractivity contribution in [1.29, 1.82) is 0 Å². The van der Waals surface area contributed by atoms with Crippen LogP contribution in [-0.4, -0.2) is 38.4 Å². The molecule has 1 heterocycles. The van der Waals surface area contributed by atoms with Crippen molar-refractivity contribution in [3.8, 4) is 23.0 Å². The van der Waals surface area contributed by atoms with Gasteiger partial charge < -0.3 is 18.9 Å². The number of rotatable bonds is 12. The Morgan fingerprint density at radius 1 is 0.326 bits per heavy atom. The molecular weight excluding hydrogens is 572 g/mol. The number of methoxy groups -OCH3 is 4. The highest BCUT2D eigenvalue weighted by atomic mass is 16.5. The van der Waals surface area contributed by atoms with Crippen LogP contribution in [0.1, 0.15) is 45.0 Å². The van der Waals surface area contributed by atoms with E-state index in [9.17, 15) is 0 Å². The number of aromatic nitrogens is 2. The van der Waals surface area contributed by atoms with E-state index in [-0.39, 0.29) is 0 Å². The molecule has 6 nitrogen and oxygen atoms in total. The van der Waals surface area contributed by atoms with E-state index in [2.05, 4.69) is 0 Å². The maximum absolute atomic E-state index is 5.58. The van der Waals surface area contributed by atoms with Crippen molar-refractivity contribution in [3.63, 3.8) is 0 Å². The molecule has 0 atom stereocenters. The average Bonchev–Trinajstić information content (AvgIpc) is 3.12. The van der Waals surface area contributed by atoms with Gasteiger partial charge in [0.15, 0.2) is 0 Å². The normalized spacial score (nSPS) is 11.6. The Hall–Kier alpha value is -5.88. The lowest BCUT2D eigenvalue weighted by molar-refractivity contribution is 0.414. The summed E-state index contributed by atoms with van der Waals surface area (Å²) in [5.74, 6) is 3.08. The van der Waals surface area contributed by atoms with Gasteiger partial charge in [-0.05, 0) is 72.9 Å². The molecule has 46 heavy (non-hydrogen) atoms. The van der Waals surface area contributed by atoms with E-state index in [4.69, 9.17) is 28.9 Å². The molecule has 5 aromatic rings. The molecule has 0 radical (unpaired) electrons. The van der Waals surface area contributed by atoms with E-state index in [1.807, 2.05) is 146 Å². The Bertz CT molecular complexity index is 1630. The first-order valence-corrected chi connectivity index (χ1v) is 14.8. The van der Waals surface area contributed by atoms with Crippen LogP contribution in [0.25, 0.3) is 48.6 Å². The highest BCUT2D eigenvalue weighted by Crippen LogP contribution is 2.27. The molecule has 4 aromatic carbocycles. The Kier molecular flexibility index (Phi) is 10.8. The average molecular weight is 609 g/mol. The molecule has 0 amide bonds. The van der Waals surface area contributed by atoms with Crippen LogP contribution in [-0.2, 0) is 0 Å². The van der Waals surface area contributed by atoms with Gasteiger partial charge >= 0.3 is 0 Å². The van der Waals surface area contributed by atoms with Gasteiger partial charge in [-0.1, -0.05) is 72.8 Å². The second-order valence-electron chi connectivity index (χ2n) is 10.1. The Morgan fingerprint density at radius 3 is 0.761 bits per heavy atom. The highest BCUT2D eigenvalue weighted by Gasteiger charge is 2.10. The van der Waals surface area contributed by atoms with E-state index in [0.717, 1.165) is 45.3 Å². The maximum atomic E-state index is 5.58. The number of ether oxygens (including phenoxy) is 4. The van der Waals surface area contributed by atoms with Gasteiger partial charge in [-0.3, -0.25) is 0 Å². The third-order valence-electron chi connectivity index (χ3n) is 7.25. The zero-order valence-electron chi connectivity index (χ0n) is 26.4. The first kappa shape index (κ1) is 31.5. The summed E-state index contributed by atoms with van der Waals surface area (Å²) in [6.45, 7) is 0. The van der Waals surface area contributed by atoms with E-state index in [1.54, 1.807) is 28.4 Å². The molecule has 0 saturated heterocycles. The number of nitrogens with zero attached hydrogens (tertiary/aromatic N) is 2. The van der Waals surface area contributed by atoms with Gasteiger partial charge in [-0.15, -0.1) is 0 Å². The monoisotopic (exact) mass is 608 g/mol. The molecule has 6 heteroatoms. The van der Waals surface area contributed by atoms with Gasteiger partial charge in [-0.25, -0.2) is 9.97 Å². The van der Waals surface area contributed by atoms with Gasteiger partial charge in [0.05, 0.1) is 51.2 Å². The lowest BCUT2D eigenvalue weighted by atomic mass is 10.1. The molecule has 0 aliphatic rings. The molecule has 1 aromatic heterocycles. The molecule has 0 bridgehead atoms. The van der Waals surface area contributed by atoms with Gasteiger partial charge in [-0.2, -0.15) is 0 Å². The minimum atomic E-state index is 0.686. The van der Waals surface area contributed by atoms with Gasteiger partial charge in [0.1, 0.15) is 23.0 Å². The van der Waals surface area contributed by atoms with Crippen LogP contribution >= 0.6 is 0 Å². The topological polar surface area (TPSA) is 62.7 Å². The van der Waals surface area contributed by atoms with Crippen molar-refractivity contribution >= 4 is 48.6 Å². The fourth-order valence-corrected chi connectivity index (χ4v) is 4.87. The molecule has 230 valence electrons. The van der Waals surface area contributed by atoms with Crippen molar-refractivity contribution in [2.75, 3.05) is 28.4 Å². The SMILES string of the molecule is COc1ccccc1C=Cc1nc(C=Cc2ccccc2OC)c(C=Cc2ccccc2OC)nc1C=Cc1ccccc1OC. The first-order chi connectivity index (χ1) is 22.6. The Morgan fingerprint density at radius 2 is 0.543 bits per heavy atom. The molecule has 0 N–H and O–H groups in total. The van der Waals surface area contributed by atoms with Gasteiger partial charge in [0.25, 0.3) is 0 Å². The van der Waals surface area contributed by atoms with Crippen molar-refractivity contribution < 1.29 is 18.9 Å². The van der Waals surface area contributed by atoms with Crippen LogP contribution in [0.2, 0.25) is 0 Å². The standard InChI is InChI=1S/C40H36N2O4/c1-43-37-17-9-5-13-29(37)21-25-33-34(26-22-30-14-6-10-18-38(30)44-2)42-36(28-24-32-16-8-12-20-40(32)46-4)35(41-33)27-23-31-15-7-11-19-39(31)45-3/h5-28H,1-4H3. The summed E-state index contributed by atoms with van der Waals surface area (Å²) in [4.78, 5) is 10.3. The summed E-state index contributed by atoms with van der Waals surface area (Å²) in [6.07, 6.45) is 15.8. The van der Waals surface area contributed by atoms with Crippen molar-refractivity contribution in [3.05, 3.63) is 142 Å². The third-order valence-corrected chi connectivity index (χ3v) is 7.25. The summed E-state index contributed by atoms with van der Waals surface area (Å²) in [7, 11) is 6.66. The van der Waals surface area contributed by atoms with E-state index in [0.29, 0.717) is 22.8 Å². The molecule has 0 unspecified atom stereocenters. The van der Waals surface area contributed by atoms with Crippen LogP contribution < -0.4 is 18.9 Å². The van der Waals surface area contributed by atoms with Crippen LogP contribution in [0.5, 0.6) is 23.0 Å². The fourth-order valence-electron chi connectivity index (χ4n) is 4.87. The second-order valence-corrected chi connectivity index (χ2v) is 10.1. The first-order valence-electron chi connectivity index (χ1n) is 14.8. The minimum absolute atomic E-state index is 0.686. The number of benzene rings is 4. The van der Waals surface area contributed by atoms with Gasteiger partial charge in [0.2, 0.25) is 0 Å². The minimum Gasteiger partial charge on any atom is -0.496 e. The van der Waals surface area contributed by atoms with Crippen LogP contribution in [0.3, 0.4) is 0 Å². The summed E-state index contributed by atoms with van der Waals surface area (Å²) < 4.78 is 22.3. The third kappa shape index (κ3) is 7.79. The smallest absolute Gasteiger partial charge is 0.126 e. The maximum Gasteiger partial charge on any atom is 0.126 e. The second kappa shape index (κ2) is 15.7. The summed E-state index contributed by atoms with van der Waals surface area (Å²) in [5, 5.41) is 0. The highest BCUT2D eigenvalue weighted by molar-refractivity contribution is 5.83. The zero-order valence-corrected chi connectivity index (χ0v) is 26.4. The predicted octanol–water partition coefficient (Wildman–Crippen LogP) is 9.19. The number of hydrogen-bond donors (Lipinski definition) is 0. The van der Waals surface area contributed by atoms with Crippen molar-refractivity contribution in [1.82, 2.24) is 9.97 Å². The Labute approximate surface area is 270 Å². The van der Waals surface area contributed by atoms with E-state index < -0.39 is 0 Å². The molecule has 0 aliphatic heterocycles. The van der Waals surface area contributed by atoms with Crippen molar-refractivity contribution in [2.45, 2.75) is 0 Å². The van der Waals surface area contributed by atoms with Crippen molar-refractivity contribution in [2.24, 2.45) is 0 Å². The Balaban J connectivity index is 1.68. The molecule has 0 aliphatic carbocycles. The number of para-hydroxylation sites is 4. The quantitative estimate of drug-likeness (QED) is 0.141. The predicted molar refractivity (Wildman–Crippen MR) is 190 cm³/mol. The zero-order chi connectivity index (χ0) is 32.1. The van der Waals surface area contributed by atoms with Crippen LogP contribution in [0.4, 0.5) is 0 Å². The lowest BCUT2D eigenvalue weighted by Crippen LogP contribution is -2.00. The van der Waals surface area contributed by atoms with Crippen LogP contribution in [0, 0.1) is 0 Å². The lowest BCUT2D eigenvalue weighted by Gasteiger charge is -2.09. The van der Waals surface area contributed by atoms with Crippen LogP contribution in [0.15, 0.2) is 97.1 Å². The fraction of sp³-hybridized carbons (Fsp3) is 0.100. The van der Waals surface area contributed by atoms with E-state index >= 15 is 0 Å². The molecular formula is C40H36N2O4. The summed E-state index contributed by atoms with van der Waals surface area (Å²) in [6, 6.07) is 31.4. The van der Waals surface area contributed by atoms with E-state index in [1.165, 1.54) is 0 Å². The van der Waals surface area contributed by atoms with Gasteiger partial charge in [0, 0.05) is 22.3 Å². The summed E-state index contributed by atoms with van der Waals surface area (Å²) >= 11 is 0. The number of hydrogen-bond acceptors (Lipinski definition) is 6. The molecule has 0 spiro atoms. The largest absolute Gasteiger partial charge is 0.496 e. The summed E-state index contributed by atoms with van der Waals surface area (Å²) in [5.41, 5.74) is 6.46. The molecule has 0 fully saturated rings.